The molecule has 4 rings (SSSR count). The number of H-pyrrole nitrogens is 1. The third-order valence-electron chi connectivity index (χ3n) is 4.94. The van der Waals surface area contributed by atoms with Gasteiger partial charge in [-0.2, -0.15) is 0 Å². The Morgan fingerprint density at radius 3 is 2.77 bits per heavy atom. The van der Waals surface area contributed by atoms with Gasteiger partial charge in [0.05, 0.1) is 0 Å². The molecule has 3 aromatic rings. The molecule has 3 heterocycles. The lowest BCUT2D eigenvalue weighted by molar-refractivity contribution is -0.144. The van der Waals surface area contributed by atoms with E-state index in [9.17, 15) is 9.90 Å². The van der Waals surface area contributed by atoms with Gasteiger partial charge in [0, 0.05) is 64.7 Å². The molecule has 5 nitrogen and oxygen atoms in total. The van der Waals surface area contributed by atoms with Gasteiger partial charge in [0.1, 0.15) is 6.04 Å². The molecule has 0 radical (unpaired) electrons. The number of nitrogens with zero attached hydrogens (tertiary/aromatic N) is 2. The molecule has 2 aromatic heterocycles. The molecule has 0 saturated carbocycles. The molecule has 26 heavy (non-hydrogen) atoms. The quantitative estimate of drug-likeness (QED) is 0.639. The summed E-state index contributed by atoms with van der Waals surface area (Å²) in [4.78, 5) is 21.1. The number of rotatable bonds is 5. The van der Waals surface area contributed by atoms with Crippen LogP contribution in [0.1, 0.15) is 16.5 Å². The highest BCUT2D eigenvalue weighted by atomic mass is 79.9. The number of thiophene rings is 1. The zero-order valence-electron chi connectivity index (χ0n) is 14.2. The maximum absolute atomic E-state index is 12.1. The van der Waals surface area contributed by atoms with Gasteiger partial charge in [0.15, 0.2) is 0 Å². The van der Waals surface area contributed by atoms with E-state index in [1.54, 1.807) is 11.3 Å². The highest BCUT2D eigenvalue weighted by molar-refractivity contribution is 9.10. The zero-order valence-corrected chi connectivity index (χ0v) is 16.6. The number of carboxylic acid groups (broad SMARTS) is 1. The average molecular weight is 434 g/mol. The molecule has 1 aliphatic heterocycles. The number of hydrogen-bond acceptors (Lipinski definition) is 4. The van der Waals surface area contributed by atoms with Gasteiger partial charge in [-0.25, -0.2) is 0 Å². The Morgan fingerprint density at radius 2 is 2.08 bits per heavy atom. The number of benzene rings is 1. The summed E-state index contributed by atoms with van der Waals surface area (Å²) in [6.07, 6.45) is 1.84. The summed E-state index contributed by atoms with van der Waals surface area (Å²) in [6, 6.07) is 9.53. The summed E-state index contributed by atoms with van der Waals surface area (Å²) in [6.45, 7) is 4.23. The van der Waals surface area contributed by atoms with Gasteiger partial charge in [-0.3, -0.25) is 14.6 Å². The maximum Gasteiger partial charge on any atom is 0.325 e. The molecule has 2 N–H and O–H groups in total. The minimum absolute atomic E-state index is 0.617. The normalized spacial score (nSPS) is 17.6. The summed E-state index contributed by atoms with van der Waals surface area (Å²) in [5.74, 6) is -0.791. The van der Waals surface area contributed by atoms with Crippen molar-refractivity contribution >= 4 is 44.1 Å². The lowest BCUT2D eigenvalue weighted by Gasteiger charge is -2.37. The number of halogens is 1. The van der Waals surface area contributed by atoms with E-state index in [2.05, 4.69) is 48.2 Å². The lowest BCUT2D eigenvalue weighted by atomic mass is 10.0. The van der Waals surface area contributed by atoms with Crippen molar-refractivity contribution in [3.8, 4) is 0 Å². The smallest absolute Gasteiger partial charge is 0.325 e. The van der Waals surface area contributed by atoms with E-state index in [-0.39, 0.29) is 0 Å². The molecular weight excluding hydrogens is 414 g/mol. The summed E-state index contributed by atoms with van der Waals surface area (Å²) >= 11 is 5.24. The van der Waals surface area contributed by atoms with Gasteiger partial charge in [0.2, 0.25) is 0 Å². The van der Waals surface area contributed by atoms with Crippen LogP contribution in [0.2, 0.25) is 0 Å². The van der Waals surface area contributed by atoms with Gasteiger partial charge in [-0.15, -0.1) is 11.3 Å². The van der Waals surface area contributed by atoms with Crippen LogP contribution in [0.4, 0.5) is 0 Å². The molecule has 136 valence electrons. The first-order valence-corrected chi connectivity index (χ1v) is 10.3. The molecular formula is C19H20BrN3O2S. The Bertz CT molecular complexity index is 901. The number of fused-ring (bicyclic) bond motifs is 1. The van der Waals surface area contributed by atoms with Gasteiger partial charge < -0.3 is 10.1 Å². The van der Waals surface area contributed by atoms with Crippen molar-refractivity contribution in [1.29, 1.82) is 0 Å². The van der Waals surface area contributed by atoms with Crippen LogP contribution in [0.25, 0.3) is 10.9 Å². The Balaban J connectivity index is 1.51. The van der Waals surface area contributed by atoms with Gasteiger partial charge in [-0.1, -0.05) is 28.1 Å². The summed E-state index contributed by atoms with van der Waals surface area (Å²) in [7, 11) is 0. The van der Waals surface area contributed by atoms with Crippen LogP contribution in [-0.2, 0) is 11.3 Å². The van der Waals surface area contributed by atoms with E-state index < -0.39 is 12.0 Å². The second kappa shape index (κ2) is 7.52. The van der Waals surface area contributed by atoms with E-state index >= 15 is 0 Å². The van der Waals surface area contributed by atoms with Gasteiger partial charge in [-0.05, 0) is 23.6 Å². The van der Waals surface area contributed by atoms with Crippen molar-refractivity contribution in [2.24, 2.45) is 0 Å². The number of carbonyl (C=O) groups is 1. The molecule has 0 spiro atoms. The molecule has 0 amide bonds. The lowest BCUT2D eigenvalue weighted by Crippen LogP contribution is -2.48. The summed E-state index contributed by atoms with van der Waals surface area (Å²) in [5, 5.41) is 13.0. The Hall–Kier alpha value is -1.67. The van der Waals surface area contributed by atoms with Crippen LogP contribution in [0, 0.1) is 0 Å². The number of aromatic nitrogens is 1. The fraction of sp³-hybridized carbons (Fsp3) is 0.316. The SMILES string of the molecule is O=C(O)C(c1c[nH]c2cc(Br)ccc12)N1CCN(Cc2cccs2)CC1. The molecule has 1 saturated heterocycles. The first-order valence-electron chi connectivity index (χ1n) is 8.60. The fourth-order valence-electron chi connectivity index (χ4n) is 3.64. The molecule has 1 fully saturated rings. The zero-order chi connectivity index (χ0) is 18.1. The number of piperazine rings is 1. The fourth-order valence-corrected chi connectivity index (χ4v) is 4.74. The number of carboxylic acids is 1. The highest BCUT2D eigenvalue weighted by Gasteiger charge is 2.32. The first-order chi connectivity index (χ1) is 12.6. The standard InChI is InChI=1S/C19H20BrN3O2S/c20-13-3-4-15-16(11-21-17(15)10-13)18(19(24)25)23-7-5-22(6-8-23)12-14-2-1-9-26-14/h1-4,9-11,18,21H,5-8,12H2,(H,24,25). The van der Waals surface area contributed by atoms with Crippen LogP contribution in [0.3, 0.4) is 0 Å². The molecule has 1 atom stereocenters. The third kappa shape index (κ3) is 3.57. The Labute approximate surface area is 164 Å². The van der Waals surface area contributed by atoms with E-state index in [1.165, 1.54) is 4.88 Å². The predicted octanol–water partition coefficient (Wildman–Crippen LogP) is 3.94. The van der Waals surface area contributed by atoms with Gasteiger partial charge in [0.25, 0.3) is 0 Å². The molecule has 7 heteroatoms. The number of nitrogens with one attached hydrogen (secondary N) is 1. The van der Waals surface area contributed by atoms with Crippen LogP contribution in [-0.4, -0.2) is 52.0 Å². The number of hydrogen-bond donors (Lipinski definition) is 2. The van der Waals surface area contributed by atoms with Crippen LogP contribution in [0.15, 0.2) is 46.4 Å². The van der Waals surface area contributed by atoms with Crippen LogP contribution < -0.4 is 0 Å². The van der Waals surface area contributed by atoms with E-state index in [1.807, 2.05) is 24.4 Å². The number of aromatic amines is 1. The second-order valence-corrected chi connectivity index (χ2v) is 8.51. The first kappa shape index (κ1) is 17.7. The predicted molar refractivity (Wildman–Crippen MR) is 108 cm³/mol. The third-order valence-corrected chi connectivity index (χ3v) is 6.29. The minimum atomic E-state index is -0.791. The summed E-state index contributed by atoms with van der Waals surface area (Å²) < 4.78 is 0.979. The monoisotopic (exact) mass is 433 g/mol. The van der Waals surface area contributed by atoms with Crippen molar-refractivity contribution in [2.45, 2.75) is 12.6 Å². The topological polar surface area (TPSA) is 59.6 Å². The van der Waals surface area contributed by atoms with Crippen molar-refractivity contribution in [2.75, 3.05) is 26.2 Å². The van der Waals surface area contributed by atoms with Gasteiger partial charge >= 0.3 is 5.97 Å². The molecule has 1 aliphatic rings. The van der Waals surface area contributed by atoms with E-state index in [0.29, 0.717) is 0 Å². The van der Waals surface area contributed by atoms with Crippen molar-refractivity contribution in [1.82, 2.24) is 14.8 Å². The molecule has 1 aromatic carbocycles. The number of aliphatic carboxylic acids is 1. The Morgan fingerprint density at radius 1 is 1.27 bits per heavy atom. The molecule has 1 unspecified atom stereocenters. The van der Waals surface area contributed by atoms with Crippen molar-refractivity contribution < 1.29 is 9.90 Å². The summed E-state index contributed by atoms with van der Waals surface area (Å²) in [5.41, 5.74) is 1.80. The largest absolute Gasteiger partial charge is 0.480 e. The maximum atomic E-state index is 12.1. The average Bonchev–Trinajstić information content (AvgIpc) is 3.26. The van der Waals surface area contributed by atoms with Crippen LogP contribution in [0.5, 0.6) is 0 Å². The van der Waals surface area contributed by atoms with Crippen molar-refractivity contribution in [3.05, 3.63) is 56.8 Å². The molecule has 0 bridgehead atoms. The van der Waals surface area contributed by atoms with Crippen LogP contribution >= 0.6 is 27.3 Å². The highest BCUT2D eigenvalue weighted by Crippen LogP contribution is 2.31. The van der Waals surface area contributed by atoms with E-state index in [4.69, 9.17) is 0 Å². The van der Waals surface area contributed by atoms with Crippen molar-refractivity contribution in [3.63, 3.8) is 0 Å². The van der Waals surface area contributed by atoms with E-state index in [0.717, 1.165) is 53.7 Å². The Kier molecular flexibility index (Phi) is 5.13. The minimum Gasteiger partial charge on any atom is -0.480 e. The second-order valence-electron chi connectivity index (χ2n) is 6.57. The molecule has 0 aliphatic carbocycles.